The van der Waals surface area contributed by atoms with Gasteiger partial charge in [-0.25, -0.2) is 4.79 Å². The van der Waals surface area contributed by atoms with E-state index in [1.807, 2.05) is 30.3 Å². The molecule has 0 fully saturated rings. The molecule has 126 valence electrons. The molecule has 0 saturated heterocycles. The predicted molar refractivity (Wildman–Crippen MR) is 98.1 cm³/mol. The molecule has 1 amide bonds. The van der Waals surface area contributed by atoms with E-state index in [1.54, 1.807) is 37.3 Å². The van der Waals surface area contributed by atoms with Crippen LogP contribution < -0.4 is 4.90 Å². The number of carbonyl (C=O) groups is 2. The third kappa shape index (κ3) is 3.21. The van der Waals surface area contributed by atoms with Gasteiger partial charge in [-0.3, -0.25) is 9.69 Å². The number of halogens is 1. The summed E-state index contributed by atoms with van der Waals surface area (Å²) in [5.74, 6) is -0.812. The topological polar surface area (TPSA) is 46.6 Å². The summed E-state index contributed by atoms with van der Waals surface area (Å²) in [5.41, 5.74) is 2.58. The highest BCUT2D eigenvalue weighted by molar-refractivity contribution is 6.30. The van der Waals surface area contributed by atoms with Crippen molar-refractivity contribution in [2.24, 2.45) is 0 Å². The number of rotatable bonds is 3. The SMILES string of the molecule is COC(=O)C1=C(C)N(c2ccc(Cl)cc2)C(=O)/C1=C\c1ccccc1. The van der Waals surface area contributed by atoms with E-state index in [4.69, 9.17) is 16.3 Å². The molecule has 0 spiro atoms. The predicted octanol–water partition coefficient (Wildman–Crippen LogP) is 4.22. The van der Waals surface area contributed by atoms with E-state index in [0.29, 0.717) is 22.0 Å². The normalized spacial score (nSPS) is 15.9. The number of ether oxygens (including phenoxy) is 1. The van der Waals surface area contributed by atoms with Crippen LogP contribution in [-0.2, 0) is 14.3 Å². The van der Waals surface area contributed by atoms with Crippen molar-refractivity contribution in [3.63, 3.8) is 0 Å². The summed E-state index contributed by atoms with van der Waals surface area (Å²) in [5, 5.41) is 0.574. The van der Waals surface area contributed by atoms with E-state index in [9.17, 15) is 9.59 Å². The lowest BCUT2D eigenvalue weighted by Gasteiger charge is -2.17. The second kappa shape index (κ2) is 6.95. The molecule has 3 rings (SSSR count). The fourth-order valence-electron chi connectivity index (χ4n) is 2.80. The Morgan fingerprint density at radius 2 is 1.72 bits per heavy atom. The van der Waals surface area contributed by atoms with Crippen LogP contribution in [0.4, 0.5) is 5.69 Å². The van der Waals surface area contributed by atoms with Crippen LogP contribution in [0.3, 0.4) is 0 Å². The minimum absolute atomic E-state index is 0.270. The van der Waals surface area contributed by atoms with Gasteiger partial charge < -0.3 is 4.74 Å². The van der Waals surface area contributed by atoms with Gasteiger partial charge in [0.25, 0.3) is 5.91 Å². The summed E-state index contributed by atoms with van der Waals surface area (Å²) >= 11 is 5.93. The van der Waals surface area contributed by atoms with Gasteiger partial charge in [0, 0.05) is 16.4 Å². The van der Waals surface area contributed by atoms with Crippen molar-refractivity contribution in [3.8, 4) is 0 Å². The molecule has 0 saturated carbocycles. The summed E-state index contributed by atoms with van der Waals surface area (Å²) in [6.45, 7) is 1.73. The van der Waals surface area contributed by atoms with Crippen LogP contribution in [0, 0.1) is 0 Å². The number of nitrogens with zero attached hydrogens (tertiary/aromatic N) is 1. The molecule has 0 N–H and O–H groups in total. The Bertz CT molecular complexity index is 883. The third-order valence-corrected chi connectivity index (χ3v) is 4.24. The lowest BCUT2D eigenvalue weighted by Crippen LogP contribution is -2.24. The molecule has 1 aliphatic heterocycles. The van der Waals surface area contributed by atoms with Crippen molar-refractivity contribution in [3.05, 3.63) is 82.0 Å². The van der Waals surface area contributed by atoms with Crippen LogP contribution in [0.5, 0.6) is 0 Å². The molecular formula is C20H16ClNO3. The molecule has 2 aromatic carbocycles. The van der Waals surface area contributed by atoms with Crippen molar-refractivity contribution >= 4 is 35.2 Å². The van der Waals surface area contributed by atoms with Gasteiger partial charge in [-0.2, -0.15) is 0 Å². The van der Waals surface area contributed by atoms with E-state index in [0.717, 1.165) is 5.56 Å². The first-order chi connectivity index (χ1) is 12.0. The van der Waals surface area contributed by atoms with Gasteiger partial charge in [-0.1, -0.05) is 41.9 Å². The highest BCUT2D eigenvalue weighted by atomic mass is 35.5. The number of anilines is 1. The fourth-order valence-corrected chi connectivity index (χ4v) is 2.92. The molecule has 0 aromatic heterocycles. The van der Waals surface area contributed by atoms with Crippen molar-refractivity contribution in [2.75, 3.05) is 12.0 Å². The van der Waals surface area contributed by atoms with Crippen molar-refractivity contribution in [2.45, 2.75) is 6.92 Å². The first kappa shape index (κ1) is 17.0. The number of amides is 1. The molecular weight excluding hydrogens is 338 g/mol. The zero-order chi connectivity index (χ0) is 18.0. The number of carbonyl (C=O) groups excluding carboxylic acids is 2. The van der Waals surface area contributed by atoms with E-state index in [1.165, 1.54) is 12.0 Å². The van der Waals surface area contributed by atoms with E-state index >= 15 is 0 Å². The second-order valence-electron chi connectivity index (χ2n) is 5.54. The summed E-state index contributed by atoms with van der Waals surface area (Å²) in [7, 11) is 1.30. The summed E-state index contributed by atoms with van der Waals surface area (Å²) in [6, 6.07) is 16.3. The molecule has 0 unspecified atom stereocenters. The average Bonchev–Trinajstić information content (AvgIpc) is 2.86. The monoisotopic (exact) mass is 353 g/mol. The van der Waals surface area contributed by atoms with Gasteiger partial charge >= 0.3 is 5.97 Å². The molecule has 5 heteroatoms. The first-order valence-electron chi connectivity index (χ1n) is 7.69. The van der Waals surface area contributed by atoms with Gasteiger partial charge in [-0.15, -0.1) is 0 Å². The number of esters is 1. The molecule has 0 bridgehead atoms. The zero-order valence-corrected chi connectivity index (χ0v) is 14.6. The van der Waals surface area contributed by atoms with E-state index in [-0.39, 0.29) is 11.5 Å². The first-order valence-corrected chi connectivity index (χ1v) is 8.07. The molecule has 2 aromatic rings. The van der Waals surface area contributed by atoms with Crippen LogP contribution in [0.1, 0.15) is 12.5 Å². The summed E-state index contributed by atoms with van der Waals surface area (Å²) < 4.78 is 4.89. The lowest BCUT2D eigenvalue weighted by molar-refractivity contribution is -0.136. The quantitative estimate of drug-likeness (QED) is 0.613. The van der Waals surface area contributed by atoms with E-state index < -0.39 is 5.97 Å². The molecule has 0 aliphatic carbocycles. The van der Waals surface area contributed by atoms with Crippen LogP contribution in [0.2, 0.25) is 5.02 Å². The fraction of sp³-hybridized carbons (Fsp3) is 0.100. The number of benzene rings is 2. The molecule has 4 nitrogen and oxygen atoms in total. The zero-order valence-electron chi connectivity index (χ0n) is 13.8. The van der Waals surface area contributed by atoms with Crippen LogP contribution in [0.25, 0.3) is 6.08 Å². The summed E-state index contributed by atoms with van der Waals surface area (Å²) in [4.78, 5) is 26.8. The van der Waals surface area contributed by atoms with Gasteiger partial charge in [0.2, 0.25) is 0 Å². The van der Waals surface area contributed by atoms with Crippen molar-refractivity contribution in [1.29, 1.82) is 0 Å². The number of allylic oxidation sites excluding steroid dienone is 1. The van der Waals surface area contributed by atoms with Crippen molar-refractivity contribution in [1.82, 2.24) is 0 Å². The van der Waals surface area contributed by atoms with Crippen LogP contribution in [0.15, 0.2) is 71.4 Å². The Morgan fingerprint density at radius 1 is 1.08 bits per heavy atom. The number of hydrogen-bond acceptors (Lipinski definition) is 3. The van der Waals surface area contributed by atoms with Gasteiger partial charge in [0.05, 0.1) is 18.3 Å². The number of methoxy groups -OCH3 is 1. The highest BCUT2D eigenvalue weighted by Gasteiger charge is 2.37. The lowest BCUT2D eigenvalue weighted by atomic mass is 10.0. The molecule has 25 heavy (non-hydrogen) atoms. The van der Waals surface area contributed by atoms with Crippen LogP contribution >= 0.6 is 11.6 Å². The Hall–Kier alpha value is -2.85. The Kier molecular flexibility index (Phi) is 4.72. The maximum atomic E-state index is 13.0. The van der Waals surface area contributed by atoms with Crippen LogP contribution in [-0.4, -0.2) is 19.0 Å². The Balaban J connectivity index is 2.13. The van der Waals surface area contributed by atoms with Gasteiger partial charge in [0.15, 0.2) is 0 Å². The largest absolute Gasteiger partial charge is 0.465 e. The standard InChI is InChI=1S/C20H16ClNO3/c1-13-18(20(24)25-2)17(12-14-6-4-3-5-7-14)19(23)22(13)16-10-8-15(21)9-11-16/h3-12H,1-2H3/b17-12-. The third-order valence-electron chi connectivity index (χ3n) is 3.98. The minimum atomic E-state index is -0.538. The molecule has 1 heterocycles. The molecule has 0 atom stereocenters. The maximum Gasteiger partial charge on any atom is 0.340 e. The molecule has 1 aliphatic rings. The summed E-state index contributed by atoms with van der Waals surface area (Å²) in [6.07, 6.45) is 1.70. The van der Waals surface area contributed by atoms with Crippen molar-refractivity contribution < 1.29 is 14.3 Å². The Labute approximate surface area is 151 Å². The van der Waals surface area contributed by atoms with E-state index in [2.05, 4.69) is 0 Å². The molecule has 0 radical (unpaired) electrons. The smallest absolute Gasteiger partial charge is 0.340 e. The Morgan fingerprint density at radius 3 is 2.32 bits per heavy atom. The number of hydrogen-bond donors (Lipinski definition) is 0. The van der Waals surface area contributed by atoms with Gasteiger partial charge in [-0.05, 0) is 42.8 Å². The second-order valence-corrected chi connectivity index (χ2v) is 5.97. The average molecular weight is 354 g/mol. The maximum absolute atomic E-state index is 13.0. The minimum Gasteiger partial charge on any atom is -0.465 e. The van der Waals surface area contributed by atoms with Gasteiger partial charge in [0.1, 0.15) is 0 Å². The highest BCUT2D eigenvalue weighted by Crippen LogP contribution is 2.35.